The van der Waals surface area contributed by atoms with Crippen molar-refractivity contribution in [1.29, 1.82) is 0 Å². The van der Waals surface area contributed by atoms with Crippen molar-refractivity contribution in [3.63, 3.8) is 0 Å². The lowest BCUT2D eigenvalue weighted by molar-refractivity contribution is 0.354. The molecule has 0 radical (unpaired) electrons. The Balaban J connectivity index is 0.00000450. The van der Waals surface area contributed by atoms with Crippen molar-refractivity contribution in [2.45, 2.75) is 24.8 Å². The molecule has 4 N–H and O–H groups in total. The molecule has 10 heteroatoms. The molecule has 2 aromatic rings. The molecule has 0 unspecified atom stereocenters. The number of halogens is 1. The van der Waals surface area contributed by atoms with Crippen LogP contribution in [0, 0.1) is 0 Å². The standard InChI is InChI=1S/C20H28N4O4S.HI/c1-4-22-20(24-14-16-7-10-18(27-2)19(13-16)28-3)23-12-11-15-5-8-17(9-6-15)29(21,25)26;/h5-10,13H,4,11-12,14H2,1-3H3,(H2,21,25,26)(H2,22,23,24);1H. The molecule has 0 aromatic heterocycles. The van der Waals surface area contributed by atoms with Crippen molar-refractivity contribution >= 4 is 40.0 Å². The molecule has 0 bridgehead atoms. The van der Waals surface area contributed by atoms with E-state index in [-0.39, 0.29) is 28.9 Å². The number of hydrogen-bond donors (Lipinski definition) is 3. The molecule has 0 aliphatic rings. The van der Waals surface area contributed by atoms with Crippen molar-refractivity contribution in [2.24, 2.45) is 10.1 Å². The number of primary sulfonamides is 1. The third-order valence-corrected chi connectivity index (χ3v) is 5.10. The van der Waals surface area contributed by atoms with Gasteiger partial charge in [0.15, 0.2) is 17.5 Å². The summed E-state index contributed by atoms with van der Waals surface area (Å²) in [5.41, 5.74) is 2.00. The number of methoxy groups -OCH3 is 2. The molecule has 30 heavy (non-hydrogen) atoms. The minimum absolute atomic E-state index is 0. The molecule has 2 rings (SSSR count). The Morgan fingerprint density at radius 1 is 1.00 bits per heavy atom. The number of nitrogens with one attached hydrogen (secondary N) is 2. The highest BCUT2D eigenvalue weighted by Gasteiger charge is 2.07. The summed E-state index contributed by atoms with van der Waals surface area (Å²) in [6, 6.07) is 12.3. The van der Waals surface area contributed by atoms with Gasteiger partial charge in [-0.2, -0.15) is 0 Å². The summed E-state index contributed by atoms with van der Waals surface area (Å²) >= 11 is 0. The van der Waals surface area contributed by atoms with Crippen molar-refractivity contribution < 1.29 is 17.9 Å². The summed E-state index contributed by atoms with van der Waals surface area (Å²) in [6.45, 7) is 3.87. The summed E-state index contributed by atoms with van der Waals surface area (Å²) in [5.74, 6) is 2.04. The van der Waals surface area contributed by atoms with Crippen LogP contribution in [0.5, 0.6) is 11.5 Å². The highest BCUT2D eigenvalue weighted by Crippen LogP contribution is 2.27. The molecule has 0 fully saturated rings. The highest BCUT2D eigenvalue weighted by molar-refractivity contribution is 14.0. The van der Waals surface area contributed by atoms with E-state index in [1.807, 2.05) is 25.1 Å². The lowest BCUT2D eigenvalue weighted by Gasteiger charge is -2.12. The Labute approximate surface area is 195 Å². The fraction of sp³-hybridized carbons (Fsp3) is 0.350. The van der Waals surface area contributed by atoms with E-state index in [0.717, 1.165) is 17.7 Å². The fourth-order valence-corrected chi connectivity index (χ4v) is 3.18. The number of hydrogen-bond acceptors (Lipinski definition) is 5. The van der Waals surface area contributed by atoms with Crippen LogP contribution in [0.2, 0.25) is 0 Å². The van der Waals surface area contributed by atoms with Crippen LogP contribution in [0.1, 0.15) is 18.1 Å². The van der Waals surface area contributed by atoms with Crippen LogP contribution in [-0.2, 0) is 23.0 Å². The maximum Gasteiger partial charge on any atom is 0.238 e. The molecule has 166 valence electrons. The first-order chi connectivity index (χ1) is 13.9. The third-order valence-electron chi connectivity index (χ3n) is 4.17. The average molecular weight is 548 g/mol. The molecule has 0 saturated heterocycles. The van der Waals surface area contributed by atoms with Gasteiger partial charge in [0.05, 0.1) is 25.7 Å². The number of guanidine groups is 1. The number of nitrogens with zero attached hydrogens (tertiary/aromatic N) is 1. The zero-order valence-electron chi connectivity index (χ0n) is 17.3. The van der Waals surface area contributed by atoms with Crippen molar-refractivity contribution in [3.05, 3.63) is 53.6 Å². The first-order valence-electron chi connectivity index (χ1n) is 9.22. The van der Waals surface area contributed by atoms with E-state index in [1.54, 1.807) is 26.4 Å². The van der Waals surface area contributed by atoms with E-state index >= 15 is 0 Å². The van der Waals surface area contributed by atoms with E-state index in [9.17, 15) is 8.42 Å². The number of benzene rings is 2. The number of aliphatic imine (C=N–C) groups is 1. The average Bonchev–Trinajstić information content (AvgIpc) is 2.71. The fourth-order valence-electron chi connectivity index (χ4n) is 2.66. The molecule has 0 spiro atoms. The van der Waals surface area contributed by atoms with Crippen LogP contribution in [0.25, 0.3) is 0 Å². The van der Waals surface area contributed by atoms with Crippen LogP contribution >= 0.6 is 24.0 Å². The molecule has 0 aliphatic carbocycles. The lowest BCUT2D eigenvalue weighted by atomic mass is 10.1. The first-order valence-corrected chi connectivity index (χ1v) is 10.8. The highest BCUT2D eigenvalue weighted by atomic mass is 127. The molecule has 8 nitrogen and oxygen atoms in total. The topological polar surface area (TPSA) is 115 Å². The zero-order valence-corrected chi connectivity index (χ0v) is 20.5. The molecular weight excluding hydrogens is 519 g/mol. The van der Waals surface area contributed by atoms with Crippen molar-refractivity contribution in [1.82, 2.24) is 10.6 Å². The number of ether oxygens (including phenoxy) is 2. The third kappa shape index (κ3) is 8.00. The van der Waals surface area contributed by atoms with Gasteiger partial charge >= 0.3 is 0 Å². The molecule has 0 atom stereocenters. The maximum atomic E-state index is 11.3. The molecule has 0 saturated carbocycles. The predicted octanol–water partition coefficient (Wildman–Crippen LogP) is 2.27. The molecule has 0 aliphatic heterocycles. The monoisotopic (exact) mass is 548 g/mol. The van der Waals surface area contributed by atoms with Crippen LogP contribution in [-0.4, -0.2) is 41.7 Å². The van der Waals surface area contributed by atoms with Gasteiger partial charge in [0.25, 0.3) is 0 Å². The number of rotatable bonds is 9. The van der Waals surface area contributed by atoms with Crippen molar-refractivity contribution in [3.8, 4) is 11.5 Å². The van der Waals surface area contributed by atoms with Crippen LogP contribution in [0.3, 0.4) is 0 Å². The summed E-state index contributed by atoms with van der Waals surface area (Å²) in [7, 11) is -0.460. The van der Waals surface area contributed by atoms with Gasteiger partial charge in [0, 0.05) is 13.1 Å². The summed E-state index contributed by atoms with van der Waals surface area (Å²) < 4.78 is 33.2. The second kappa shape index (κ2) is 12.6. The second-order valence-electron chi connectivity index (χ2n) is 6.25. The Kier molecular flexibility index (Phi) is 10.9. The van der Waals surface area contributed by atoms with Gasteiger partial charge in [-0.3, -0.25) is 0 Å². The van der Waals surface area contributed by atoms with Gasteiger partial charge in [0.1, 0.15) is 0 Å². The smallest absolute Gasteiger partial charge is 0.238 e. The van der Waals surface area contributed by atoms with Gasteiger partial charge in [-0.25, -0.2) is 18.5 Å². The minimum atomic E-state index is -3.67. The van der Waals surface area contributed by atoms with Gasteiger partial charge in [-0.1, -0.05) is 18.2 Å². The largest absolute Gasteiger partial charge is 0.493 e. The minimum Gasteiger partial charge on any atom is -0.493 e. The zero-order chi connectivity index (χ0) is 21.3. The van der Waals surface area contributed by atoms with Crippen LogP contribution < -0.4 is 25.2 Å². The molecular formula is C20H29IN4O4S. The number of sulfonamides is 1. The van der Waals surface area contributed by atoms with Crippen LogP contribution in [0.4, 0.5) is 0 Å². The summed E-state index contributed by atoms with van der Waals surface area (Å²) in [4.78, 5) is 4.70. The Morgan fingerprint density at radius 3 is 2.20 bits per heavy atom. The SMILES string of the molecule is CCNC(=NCc1ccc(OC)c(OC)c1)NCCc1ccc(S(N)(=O)=O)cc1.I. The molecule has 0 heterocycles. The summed E-state index contributed by atoms with van der Waals surface area (Å²) in [5, 5.41) is 11.6. The predicted molar refractivity (Wildman–Crippen MR) is 129 cm³/mol. The quantitative estimate of drug-likeness (QED) is 0.252. The van der Waals surface area contributed by atoms with E-state index in [2.05, 4.69) is 15.6 Å². The Morgan fingerprint density at radius 2 is 1.63 bits per heavy atom. The first kappa shape index (κ1) is 26.0. The normalized spacial score (nSPS) is 11.4. The van der Waals surface area contributed by atoms with Gasteiger partial charge in [-0.15, -0.1) is 24.0 Å². The van der Waals surface area contributed by atoms with Gasteiger partial charge < -0.3 is 20.1 Å². The van der Waals surface area contributed by atoms with E-state index in [4.69, 9.17) is 14.6 Å². The van der Waals surface area contributed by atoms with E-state index in [0.29, 0.717) is 37.0 Å². The summed E-state index contributed by atoms with van der Waals surface area (Å²) in [6.07, 6.45) is 0.714. The van der Waals surface area contributed by atoms with Crippen LogP contribution in [0.15, 0.2) is 52.4 Å². The van der Waals surface area contributed by atoms with E-state index < -0.39 is 10.0 Å². The molecule has 2 aromatic carbocycles. The Bertz CT molecular complexity index is 934. The van der Waals surface area contributed by atoms with E-state index in [1.165, 1.54) is 12.1 Å². The Hall–Kier alpha value is -2.05. The van der Waals surface area contributed by atoms with Crippen molar-refractivity contribution in [2.75, 3.05) is 27.3 Å². The second-order valence-corrected chi connectivity index (χ2v) is 7.81. The van der Waals surface area contributed by atoms with Gasteiger partial charge in [0.2, 0.25) is 10.0 Å². The van der Waals surface area contributed by atoms with Gasteiger partial charge in [-0.05, 0) is 48.7 Å². The number of nitrogens with two attached hydrogens (primary N) is 1. The molecule has 0 amide bonds. The maximum absolute atomic E-state index is 11.3. The lowest BCUT2D eigenvalue weighted by Crippen LogP contribution is -2.38.